The summed E-state index contributed by atoms with van der Waals surface area (Å²) >= 11 is 0. The molecule has 1 heterocycles. The number of likely N-dealkylation sites (N-methyl/N-ethyl adjacent to an activating group) is 1. The molecule has 5 rings (SSSR count). The van der Waals surface area contributed by atoms with Crippen molar-refractivity contribution in [3.8, 4) is 0 Å². The van der Waals surface area contributed by atoms with Crippen LogP contribution in [0.2, 0.25) is 0 Å². The van der Waals surface area contributed by atoms with Gasteiger partial charge in [-0.2, -0.15) is 0 Å². The molecule has 0 radical (unpaired) electrons. The van der Waals surface area contributed by atoms with Crippen LogP contribution in [0.5, 0.6) is 0 Å². The van der Waals surface area contributed by atoms with E-state index in [0.29, 0.717) is 0 Å². The van der Waals surface area contributed by atoms with Crippen molar-refractivity contribution in [3.63, 3.8) is 0 Å². The molecule has 1 saturated carbocycles. The second kappa shape index (κ2) is 3.86. The van der Waals surface area contributed by atoms with Gasteiger partial charge in [-0.15, -0.1) is 0 Å². The minimum absolute atomic E-state index is 0.729. The van der Waals surface area contributed by atoms with Crippen molar-refractivity contribution in [2.24, 2.45) is 7.05 Å². The van der Waals surface area contributed by atoms with Crippen LogP contribution in [-0.4, -0.2) is 29.6 Å². The molecular formula is C17H22N2. The fourth-order valence-electron chi connectivity index (χ4n) is 4.62. The predicted molar refractivity (Wildman–Crippen MR) is 79.7 cm³/mol. The minimum atomic E-state index is 0.729. The fraction of sp³-hybridized carbons (Fsp3) is 0.529. The SMILES string of the molecule is CN(C)C1CC2CCC1c1c2c2ccccc2n1C. The van der Waals surface area contributed by atoms with Gasteiger partial charge in [0, 0.05) is 35.6 Å². The maximum atomic E-state index is 2.47. The van der Waals surface area contributed by atoms with Gasteiger partial charge in [0.05, 0.1) is 0 Å². The minimum Gasteiger partial charge on any atom is -0.347 e. The topological polar surface area (TPSA) is 8.17 Å². The third-order valence-corrected chi connectivity index (χ3v) is 5.43. The summed E-state index contributed by atoms with van der Waals surface area (Å²) in [4.78, 5) is 2.44. The lowest BCUT2D eigenvalue weighted by Gasteiger charge is -2.45. The number of benzene rings is 1. The highest BCUT2D eigenvalue weighted by Gasteiger charge is 2.43. The third-order valence-electron chi connectivity index (χ3n) is 5.43. The Balaban J connectivity index is 2.00. The van der Waals surface area contributed by atoms with Crippen molar-refractivity contribution in [2.75, 3.05) is 14.1 Å². The molecule has 1 aromatic carbocycles. The average Bonchev–Trinajstić information content (AvgIpc) is 2.76. The highest BCUT2D eigenvalue weighted by Crippen LogP contribution is 2.53. The van der Waals surface area contributed by atoms with Gasteiger partial charge in [0.2, 0.25) is 0 Å². The number of para-hydroxylation sites is 1. The number of rotatable bonds is 1. The summed E-state index contributed by atoms with van der Waals surface area (Å²) in [6.07, 6.45) is 4.10. The van der Waals surface area contributed by atoms with Gasteiger partial charge in [0.25, 0.3) is 0 Å². The molecule has 0 N–H and O–H groups in total. The standard InChI is InChI=1S/C17H22N2/c1-18(2)15-10-11-8-9-13(15)17-16(11)12-6-4-5-7-14(12)19(17)3/h4-7,11,13,15H,8-10H2,1-3H3. The van der Waals surface area contributed by atoms with E-state index in [1.807, 2.05) is 0 Å². The fourth-order valence-corrected chi connectivity index (χ4v) is 4.62. The van der Waals surface area contributed by atoms with E-state index in [0.717, 1.165) is 17.9 Å². The van der Waals surface area contributed by atoms with E-state index >= 15 is 0 Å². The first-order valence-corrected chi connectivity index (χ1v) is 7.42. The molecule has 2 heteroatoms. The largest absolute Gasteiger partial charge is 0.347 e. The molecule has 3 aliphatic rings. The zero-order valence-electron chi connectivity index (χ0n) is 12.1. The summed E-state index contributed by atoms with van der Waals surface area (Å²) in [6.45, 7) is 0. The third kappa shape index (κ3) is 1.41. The summed E-state index contributed by atoms with van der Waals surface area (Å²) in [7, 11) is 6.75. The van der Waals surface area contributed by atoms with Gasteiger partial charge < -0.3 is 9.47 Å². The number of aromatic nitrogens is 1. The normalized spacial score (nSPS) is 29.2. The molecule has 19 heavy (non-hydrogen) atoms. The summed E-state index contributed by atoms with van der Waals surface area (Å²) < 4.78 is 2.47. The molecule has 2 bridgehead atoms. The zero-order valence-corrected chi connectivity index (χ0v) is 12.1. The Morgan fingerprint density at radius 1 is 1.16 bits per heavy atom. The van der Waals surface area contributed by atoms with E-state index in [9.17, 15) is 0 Å². The van der Waals surface area contributed by atoms with Crippen LogP contribution in [0.4, 0.5) is 0 Å². The molecule has 3 aliphatic carbocycles. The lowest BCUT2D eigenvalue weighted by atomic mass is 9.66. The monoisotopic (exact) mass is 254 g/mol. The molecule has 0 amide bonds. The van der Waals surface area contributed by atoms with Crippen LogP contribution in [0, 0.1) is 0 Å². The van der Waals surface area contributed by atoms with E-state index in [1.165, 1.54) is 30.2 Å². The van der Waals surface area contributed by atoms with Gasteiger partial charge in [-0.25, -0.2) is 0 Å². The number of hydrogen-bond donors (Lipinski definition) is 0. The van der Waals surface area contributed by atoms with Gasteiger partial charge in [-0.1, -0.05) is 18.2 Å². The smallest absolute Gasteiger partial charge is 0.0482 e. The molecule has 3 unspecified atom stereocenters. The van der Waals surface area contributed by atoms with Gasteiger partial charge in [-0.05, 0) is 50.9 Å². The summed E-state index contributed by atoms with van der Waals surface area (Å²) in [5.74, 6) is 1.51. The Labute approximate surface area is 115 Å². The summed E-state index contributed by atoms with van der Waals surface area (Å²) in [5, 5.41) is 1.51. The molecule has 100 valence electrons. The first-order valence-electron chi connectivity index (χ1n) is 7.42. The molecule has 0 aliphatic heterocycles. The number of hydrogen-bond acceptors (Lipinski definition) is 1. The Morgan fingerprint density at radius 2 is 1.95 bits per heavy atom. The highest BCUT2D eigenvalue weighted by molar-refractivity contribution is 5.87. The second-order valence-corrected chi connectivity index (χ2v) is 6.52. The molecule has 2 nitrogen and oxygen atoms in total. The molecule has 1 aromatic heterocycles. The molecule has 0 spiro atoms. The van der Waals surface area contributed by atoms with Crippen molar-refractivity contribution in [3.05, 3.63) is 35.5 Å². The summed E-state index contributed by atoms with van der Waals surface area (Å²) in [5.41, 5.74) is 4.72. The molecule has 1 fully saturated rings. The van der Waals surface area contributed by atoms with Crippen molar-refractivity contribution in [1.29, 1.82) is 0 Å². The van der Waals surface area contributed by atoms with E-state index in [1.54, 1.807) is 11.3 Å². The molecular weight excluding hydrogens is 232 g/mol. The van der Waals surface area contributed by atoms with Crippen molar-refractivity contribution < 1.29 is 0 Å². The number of aryl methyl sites for hydroxylation is 1. The van der Waals surface area contributed by atoms with Crippen molar-refractivity contribution >= 4 is 10.9 Å². The Hall–Kier alpha value is -1.28. The lowest BCUT2D eigenvalue weighted by molar-refractivity contribution is 0.164. The highest BCUT2D eigenvalue weighted by atomic mass is 15.1. The predicted octanol–water partition coefficient (Wildman–Crippen LogP) is 3.47. The maximum absolute atomic E-state index is 2.47. The quantitative estimate of drug-likeness (QED) is 0.756. The summed E-state index contributed by atoms with van der Waals surface area (Å²) in [6, 6.07) is 9.68. The Bertz CT molecular complexity index is 638. The lowest BCUT2D eigenvalue weighted by Crippen LogP contribution is -2.42. The van der Waals surface area contributed by atoms with Crippen LogP contribution in [0.1, 0.15) is 42.4 Å². The molecule has 3 atom stereocenters. The van der Waals surface area contributed by atoms with E-state index in [4.69, 9.17) is 0 Å². The van der Waals surface area contributed by atoms with Gasteiger partial charge in [0.1, 0.15) is 0 Å². The van der Waals surface area contributed by atoms with Crippen LogP contribution in [0.3, 0.4) is 0 Å². The van der Waals surface area contributed by atoms with E-state index < -0.39 is 0 Å². The van der Waals surface area contributed by atoms with Gasteiger partial charge in [-0.3, -0.25) is 0 Å². The van der Waals surface area contributed by atoms with E-state index in [2.05, 4.69) is 54.9 Å². The van der Waals surface area contributed by atoms with Gasteiger partial charge >= 0.3 is 0 Å². The number of fused-ring (bicyclic) bond motifs is 3. The zero-order chi connectivity index (χ0) is 13.1. The Kier molecular flexibility index (Phi) is 2.34. The van der Waals surface area contributed by atoms with E-state index in [-0.39, 0.29) is 0 Å². The number of nitrogens with zero attached hydrogens (tertiary/aromatic N) is 2. The molecule has 2 aromatic rings. The van der Waals surface area contributed by atoms with Crippen LogP contribution >= 0.6 is 0 Å². The van der Waals surface area contributed by atoms with Crippen LogP contribution in [-0.2, 0) is 7.05 Å². The van der Waals surface area contributed by atoms with Crippen molar-refractivity contribution in [1.82, 2.24) is 9.47 Å². The first-order chi connectivity index (χ1) is 9.18. The van der Waals surface area contributed by atoms with Crippen molar-refractivity contribution in [2.45, 2.75) is 37.1 Å². The van der Waals surface area contributed by atoms with Gasteiger partial charge in [0.15, 0.2) is 0 Å². The maximum Gasteiger partial charge on any atom is 0.0482 e. The average molecular weight is 254 g/mol. The first kappa shape index (κ1) is 11.5. The second-order valence-electron chi connectivity index (χ2n) is 6.52. The molecule has 0 saturated heterocycles. The van der Waals surface area contributed by atoms with Crippen LogP contribution in [0.25, 0.3) is 10.9 Å². The van der Waals surface area contributed by atoms with Crippen LogP contribution < -0.4 is 0 Å². The van der Waals surface area contributed by atoms with Crippen LogP contribution in [0.15, 0.2) is 24.3 Å². The Morgan fingerprint density at radius 3 is 2.74 bits per heavy atom.